The van der Waals surface area contributed by atoms with Gasteiger partial charge in [-0.2, -0.15) is 0 Å². The monoisotopic (exact) mass is 286 g/mol. The number of nitrogens with zero attached hydrogens (tertiary/aromatic N) is 1. The second-order valence-corrected chi connectivity index (χ2v) is 6.73. The van der Waals surface area contributed by atoms with E-state index in [1.807, 2.05) is 22.4 Å². The van der Waals surface area contributed by atoms with Gasteiger partial charge in [0.15, 0.2) is 0 Å². The van der Waals surface area contributed by atoms with Crippen molar-refractivity contribution in [2.24, 2.45) is 5.92 Å². The van der Waals surface area contributed by atoms with E-state index in [0.29, 0.717) is 12.0 Å². The van der Waals surface area contributed by atoms with Gasteiger partial charge in [-0.1, -0.05) is 18.2 Å². The van der Waals surface area contributed by atoms with Crippen molar-refractivity contribution in [1.82, 2.24) is 10.2 Å². The van der Waals surface area contributed by atoms with Crippen LogP contribution in [0.2, 0.25) is 0 Å². The van der Waals surface area contributed by atoms with Crippen LogP contribution < -0.4 is 5.32 Å². The lowest BCUT2D eigenvalue weighted by Gasteiger charge is -2.24. The zero-order valence-corrected chi connectivity index (χ0v) is 12.2. The molecule has 104 valence electrons. The van der Waals surface area contributed by atoms with Crippen molar-refractivity contribution in [2.75, 3.05) is 19.6 Å². The molecular weight excluding hydrogens is 268 g/mol. The molecule has 2 aromatic rings. The molecule has 0 spiro atoms. The van der Waals surface area contributed by atoms with E-state index >= 15 is 0 Å². The van der Waals surface area contributed by atoms with Gasteiger partial charge in [0.25, 0.3) is 5.91 Å². The van der Waals surface area contributed by atoms with Crippen LogP contribution in [0.5, 0.6) is 0 Å². The summed E-state index contributed by atoms with van der Waals surface area (Å²) in [6.45, 7) is 2.89. The second-order valence-electron chi connectivity index (χ2n) is 5.82. The minimum atomic E-state index is 0.207. The number of piperidine rings is 1. The summed E-state index contributed by atoms with van der Waals surface area (Å²) in [7, 11) is 0. The summed E-state index contributed by atoms with van der Waals surface area (Å²) in [5, 5.41) is 6.68. The number of carbonyl (C=O) groups excluding carboxylic acids is 1. The third-order valence-corrected chi connectivity index (χ3v) is 5.56. The molecule has 2 aliphatic heterocycles. The highest BCUT2D eigenvalue weighted by atomic mass is 32.1. The fourth-order valence-electron chi connectivity index (χ4n) is 3.53. The van der Waals surface area contributed by atoms with Crippen LogP contribution in [0.15, 0.2) is 29.6 Å². The summed E-state index contributed by atoms with van der Waals surface area (Å²) in [6.07, 6.45) is 2.50. The first-order valence-corrected chi connectivity index (χ1v) is 8.20. The predicted molar refractivity (Wildman–Crippen MR) is 82.2 cm³/mol. The van der Waals surface area contributed by atoms with Crippen LogP contribution in [0.1, 0.15) is 23.2 Å². The van der Waals surface area contributed by atoms with E-state index in [1.165, 1.54) is 17.5 Å². The number of carbonyl (C=O) groups is 1. The standard InChI is InChI=1S/C16H18N2OS/c19-16(13-10-20-15-6-2-1-5-12(13)15)18-8-11-4-3-7-17-14(11)9-18/h1-2,5-6,10-11,14,17H,3-4,7-9H2/t11-,14+/m0/s1. The van der Waals surface area contributed by atoms with Crippen LogP contribution in [0.25, 0.3) is 10.1 Å². The van der Waals surface area contributed by atoms with Crippen LogP contribution in [0.4, 0.5) is 0 Å². The number of thiophene rings is 1. The van der Waals surface area contributed by atoms with Crippen molar-refractivity contribution in [3.05, 3.63) is 35.2 Å². The molecule has 3 heterocycles. The maximum Gasteiger partial charge on any atom is 0.255 e. The van der Waals surface area contributed by atoms with Crippen molar-refractivity contribution in [1.29, 1.82) is 0 Å². The molecule has 2 aliphatic rings. The quantitative estimate of drug-likeness (QED) is 0.874. The smallest absolute Gasteiger partial charge is 0.255 e. The van der Waals surface area contributed by atoms with Gasteiger partial charge in [0.05, 0.1) is 5.56 Å². The number of likely N-dealkylation sites (tertiary alicyclic amines) is 1. The molecule has 1 aromatic heterocycles. The molecule has 2 saturated heterocycles. The summed E-state index contributed by atoms with van der Waals surface area (Å²) >= 11 is 1.66. The Balaban J connectivity index is 1.61. The number of benzene rings is 1. The van der Waals surface area contributed by atoms with Crippen LogP contribution in [0.3, 0.4) is 0 Å². The average Bonchev–Trinajstić information content (AvgIpc) is 3.10. The number of nitrogens with one attached hydrogen (secondary N) is 1. The van der Waals surface area contributed by atoms with Crippen molar-refractivity contribution < 1.29 is 4.79 Å². The molecule has 4 heteroatoms. The van der Waals surface area contributed by atoms with Gasteiger partial charge in [0, 0.05) is 34.6 Å². The Morgan fingerprint density at radius 1 is 1.30 bits per heavy atom. The predicted octanol–water partition coefficient (Wildman–Crippen LogP) is 2.73. The van der Waals surface area contributed by atoms with Gasteiger partial charge in [0.2, 0.25) is 0 Å². The molecule has 1 N–H and O–H groups in total. The van der Waals surface area contributed by atoms with Gasteiger partial charge in [-0.3, -0.25) is 4.79 Å². The van der Waals surface area contributed by atoms with Gasteiger partial charge in [-0.05, 0) is 31.4 Å². The van der Waals surface area contributed by atoms with Gasteiger partial charge in [0.1, 0.15) is 0 Å². The van der Waals surface area contributed by atoms with Crippen molar-refractivity contribution in [2.45, 2.75) is 18.9 Å². The Kier molecular flexibility index (Phi) is 3.00. The Labute approximate surface area is 122 Å². The van der Waals surface area contributed by atoms with E-state index in [1.54, 1.807) is 11.3 Å². The molecule has 2 fully saturated rings. The number of hydrogen-bond acceptors (Lipinski definition) is 3. The molecule has 0 bridgehead atoms. The highest BCUT2D eigenvalue weighted by Gasteiger charge is 2.37. The Bertz CT molecular complexity index is 637. The SMILES string of the molecule is O=C(c1csc2ccccc12)N1C[C@@H]2CCCN[C@@H]2C1. The van der Waals surface area contributed by atoms with Crippen molar-refractivity contribution >= 4 is 27.3 Å². The average molecular weight is 286 g/mol. The number of amides is 1. The molecule has 1 amide bonds. The van der Waals surface area contributed by atoms with Crippen molar-refractivity contribution in [3.63, 3.8) is 0 Å². The molecule has 0 unspecified atom stereocenters. The highest BCUT2D eigenvalue weighted by Crippen LogP contribution is 2.30. The minimum Gasteiger partial charge on any atom is -0.337 e. The van der Waals surface area contributed by atoms with Crippen LogP contribution in [-0.2, 0) is 0 Å². The summed E-state index contributed by atoms with van der Waals surface area (Å²) in [5.41, 5.74) is 0.879. The largest absolute Gasteiger partial charge is 0.337 e. The fourth-order valence-corrected chi connectivity index (χ4v) is 4.46. The van der Waals surface area contributed by atoms with Crippen molar-refractivity contribution in [3.8, 4) is 0 Å². The zero-order chi connectivity index (χ0) is 13.5. The topological polar surface area (TPSA) is 32.3 Å². The van der Waals surface area contributed by atoms with E-state index < -0.39 is 0 Å². The van der Waals surface area contributed by atoms with Crippen LogP contribution in [0, 0.1) is 5.92 Å². The Morgan fingerprint density at radius 2 is 2.20 bits per heavy atom. The molecular formula is C16H18N2OS. The minimum absolute atomic E-state index is 0.207. The van der Waals surface area contributed by atoms with Crippen LogP contribution in [-0.4, -0.2) is 36.5 Å². The van der Waals surface area contributed by atoms with Gasteiger partial charge in [-0.25, -0.2) is 0 Å². The lowest BCUT2D eigenvalue weighted by molar-refractivity contribution is 0.0788. The van der Waals surface area contributed by atoms with Gasteiger partial charge < -0.3 is 10.2 Å². The fraction of sp³-hybridized carbons (Fsp3) is 0.438. The summed E-state index contributed by atoms with van der Waals surface area (Å²) in [5.74, 6) is 0.858. The van der Waals surface area contributed by atoms with Crippen LogP contribution >= 0.6 is 11.3 Å². The maximum atomic E-state index is 12.8. The van der Waals surface area contributed by atoms with E-state index in [4.69, 9.17) is 0 Å². The molecule has 3 nitrogen and oxygen atoms in total. The molecule has 2 atom stereocenters. The van der Waals surface area contributed by atoms with E-state index in [-0.39, 0.29) is 5.91 Å². The second kappa shape index (κ2) is 4.86. The molecule has 1 aromatic carbocycles. The Hall–Kier alpha value is -1.39. The van der Waals surface area contributed by atoms with E-state index in [9.17, 15) is 4.79 Å². The molecule has 0 saturated carbocycles. The summed E-state index contributed by atoms with van der Waals surface area (Å²) < 4.78 is 1.20. The summed E-state index contributed by atoms with van der Waals surface area (Å²) in [6, 6.07) is 8.69. The third-order valence-electron chi connectivity index (χ3n) is 4.60. The Morgan fingerprint density at radius 3 is 3.10 bits per heavy atom. The molecule has 4 rings (SSSR count). The first kappa shape index (κ1) is 12.4. The number of fused-ring (bicyclic) bond motifs is 2. The molecule has 0 aliphatic carbocycles. The number of rotatable bonds is 1. The van der Waals surface area contributed by atoms with Gasteiger partial charge >= 0.3 is 0 Å². The van der Waals surface area contributed by atoms with E-state index in [2.05, 4.69) is 17.4 Å². The third kappa shape index (κ3) is 1.95. The van der Waals surface area contributed by atoms with E-state index in [0.717, 1.165) is 30.6 Å². The lowest BCUT2D eigenvalue weighted by atomic mass is 9.94. The normalized spacial score (nSPS) is 25.9. The summed E-state index contributed by atoms with van der Waals surface area (Å²) in [4.78, 5) is 14.8. The first-order valence-electron chi connectivity index (χ1n) is 7.32. The molecule has 20 heavy (non-hydrogen) atoms. The first-order chi connectivity index (χ1) is 9.83. The zero-order valence-electron chi connectivity index (χ0n) is 11.3. The van der Waals surface area contributed by atoms with Gasteiger partial charge in [-0.15, -0.1) is 11.3 Å². The highest BCUT2D eigenvalue weighted by molar-refractivity contribution is 7.17. The molecule has 0 radical (unpaired) electrons. The lowest BCUT2D eigenvalue weighted by Crippen LogP contribution is -2.41. The maximum absolute atomic E-state index is 12.8. The number of hydrogen-bond donors (Lipinski definition) is 1.